The summed E-state index contributed by atoms with van der Waals surface area (Å²) in [5.41, 5.74) is 1.13. The molecule has 0 bridgehead atoms. The fourth-order valence-corrected chi connectivity index (χ4v) is 2.76. The minimum Gasteiger partial charge on any atom is -0.352 e. The molecule has 0 aromatic heterocycles. The van der Waals surface area contributed by atoms with Crippen LogP contribution in [0, 0.1) is 17.7 Å². The molecule has 2 aromatic rings. The monoisotopic (exact) mass is 390 g/mol. The number of benzene rings is 2. The van der Waals surface area contributed by atoms with Crippen LogP contribution in [0.15, 0.2) is 53.0 Å². The first-order chi connectivity index (χ1) is 11.5. The molecule has 1 saturated carbocycles. The molecule has 24 heavy (non-hydrogen) atoms. The molecule has 2 amide bonds. The molecule has 1 aliphatic rings. The predicted molar refractivity (Wildman–Crippen MR) is 92.6 cm³/mol. The lowest BCUT2D eigenvalue weighted by molar-refractivity contribution is -0.125. The lowest BCUT2D eigenvalue weighted by Gasteiger charge is -2.07. The van der Waals surface area contributed by atoms with Gasteiger partial charge in [0.05, 0.1) is 11.8 Å². The van der Waals surface area contributed by atoms with Crippen molar-refractivity contribution in [1.29, 1.82) is 0 Å². The molecule has 0 saturated heterocycles. The standard InChI is InChI=1S/C18H16BrFN2O2/c19-12-5-7-13(8-6-12)22-18(24)15-9-14(15)17(23)21-10-11-3-1-2-4-16(11)20/h1-8,14-15H,9-10H2,(H,21,23)(H,22,24). The highest BCUT2D eigenvalue weighted by molar-refractivity contribution is 9.10. The Hall–Kier alpha value is -2.21. The largest absolute Gasteiger partial charge is 0.352 e. The van der Waals surface area contributed by atoms with Crippen molar-refractivity contribution in [3.63, 3.8) is 0 Å². The lowest BCUT2D eigenvalue weighted by atomic mass is 10.2. The molecule has 6 heteroatoms. The molecule has 1 aliphatic carbocycles. The first-order valence-corrected chi connectivity index (χ1v) is 8.41. The molecule has 0 radical (unpaired) electrons. The summed E-state index contributed by atoms with van der Waals surface area (Å²) in [7, 11) is 0. The molecular weight excluding hydrogens is 375 g/mol. The lowest BCUT2D eigenvalue weighted by Crippen LogP contribution is -2.27. The Balaban J connectivity index is 1.49. The number of rotatable bonds is 5. The van der Waals surface area contributed by atoms with Crippen LogP contribution in [0.5, 0.6) is 0 Å². The van der Waals surface area contributed by atoms with Gasteiger partial charge in [-0.2, -0.15) is 0 Å². The molecule has 0 spiro atoms. The maximum Gasteiger partial charge on any atom is 0.228 e. The second-order valence-corrected chi connectivity index (χ2v) is 6.67. The van der Waals surface area contributed by atoms with Gasteiger partial charge in [0.15, 0.2) is 0 Å². The molecule has 4 nitrogen and oxygen atoms in total. The summed E-state index contributed by atoms with van der Waals surface area (Å²) < 4.78 is 14.4. The highest BCUT2D eigenvalue weighted by atomic mass is 79.9. The molecule has 2 unspecified atom stereocenters. The van der Waals surface area contributed by atoms with Gasteiger partial charge < -0.3 is 10.6 Å². The van der Waals surface area contributed by atoms with Crippen LogP contribution in [-0.4, -0.2) is 11.8 Å². The molecule has 0 aliphatic heterocycles. The molecular formula is C18H16BrFN2O2. The van der Waals surface area contributed by atoms with Crippen molar-refractivity contribution in [2.24, 2.45) is 11.8 Å². The van der Waals surface area contributed by atoms with Gasteiger partial charge in [-0.05, 0) is 36.8 Å². The summed E-state index contributed by atoms with van der Waals surface area (Å²) >= 11 is 3.33. The number of hydrogen-bond acceptors (Lipinski definition) is 2. The minimum atomic E-state index is -0.349. The van der Waals surface area contributed by atoms with Gasteiger partial charge in [-0.1, -0.05) is 34.1 Å². The molecule has 2 aromatic carbocycles. The van der Waals surface area contributed by atoms with Crippen LogP contribution < -0.4 is 10.6 Å². The highest BCUT2D eigenvalue weighted by Crippen LogP contribution is 2.39. The highest BCUT2D eigenvalue weighted by Gasteiger charge is 2.47. The Morgan fingerprint density at radius 2 is 1.71 bits per heavy atom. The van der Waals surface area contributed by atoms with Crippen molar-refractivity contribution in [2.75, 3.05) is 5.32 Å². The molecule has 1 fully saturated rings. The average Bonchev–Trinajstić information content (AvgIpc) is 3.37. The summed E-state index contributed by atoms with van der Waals surface area (Å²) in [6.07, 6.45) is 0.519. The Morgan fingerprint density at radius 3 is 2.42 bits per heavy atom. The Bertz CT molecular complexity index is 764. The number of amides is 2. The van der Waals surface area contributed by atoms with E-state index in [0.29, 0.717) is 17.7 Å². The van der Waals surface area contributed by atoms with Crippen LogP contribution in [-0.2, 0) is 16.1 Å². The molecule has 2 atom stereocenters. The van der Waals surface area contributed by atoms with Gasteiger partial charge in [0.25, 0.3) is 0 Å². The molecule has 2 N–H and O–H groups in total. The SMILES string of the molecule is O=C(NCc1ccccc1F)C1CC1C(=O)Nc1ccc(Br)cc1. The van der Waals surface area contributed by atoms with Gasteiger partial charge in [-0.15, -0.1) is 0 Å². The Labute approximate surface area is 147 Å². The minimum absolute atomic E-state index is 0.128. The second-order valence-electron chi connectivity index (χ2n) is 5.75. The van der Waals surface area contributed by atoms with E-state index in [1.807, 2.05) is 12.1 Å². The maximum absolute atomic E-state index is 13.5. The van der Waals surface area contributed by atoms with Crippen molar-refractivity contribution in [3.8, 4) is 0 Å². The van der Waals surface area contributed by atoms with Gasteiger partial charge in [0.2, 0.25) is 11.8 Å². The quantitative estimate of drug-likeness (QED) is 0.820. The first kappa shape index (κ1) is 16.6. The van der Waals surface area contributed by atoms with E-state index in [1.165, 1.54) is 6.07 Å². The third kappa shape index (κ3) is 4.00. The average molecular weight is 391 g/mol. The van der Waals surface area contributed by atoms with Crippen molar-refractivity contribution < 1.29 is 14.0 Å². The third-order valence-corrected chi connectivity index (χ3v) is 4.52. The topological polar surface area (TPSA) is 58.2 Å². The first-order valence-electron chi connectivity index (χ1n) is 7.62. The van der Waals surface area contributed by atoms with Crippen molar-refractivity contribution >= 4 is 33.4 Å². The predicted octanol–water partition coefficient (Wildman–Crippen LogP) is 3.48. The van der Waals surface area contributed by atoms with Crippen LogP contribution in [0.3, 0.4) is 0 Å². The molecule has 3 rings (SSSR count). The van der Waals surface area contributed by atoms with E-state index in [4.69, 9.17) is 0 Å². The van der Waals surface area contributed by atoms with Crippen molar-refractivity contribution in [2.45, 2.75) is 13.0 Å². The summed E-state index contributed by atoms with van der Waals surface area (Å²) in [5, 5.41) is 5.49. The third-order valence-electron chi connectivity index (χ3n) is 3.99. The van der Waals surface area contributed by atoms with E-state index in [1.54, 1.807) is 30.3 Å². The summed E-state index contributed by atoms with van der Waals surface area (Å²) in [6, 6.07) is 13.5. The van der Waals surface area contributed by atoms with Crippen LogP contribution in [0.2, 0.25) is 0 Å². The summed E-state index contributed by atoms with van der Waals surface area (Å²) in [4.78, 5) is 24.2. The number of carbonyl (C=O) groups is 2. The zero-order valence-electron chi connectivity index (χ0n) is 12.8. The fourth-order valence-electron chi connectivity index (χ4n) is 2.50. The normalized spacial score (nSPS) is 18.8. The van der Waals surface area contributed by atoms with Gasteiger partial charge >= 0.3 is 0 Å². The fraction of sp³-hybridized carbons (Fsp3) is 0.222. The van der Waals surface area contributed by atoms with E-state index in [-0.39, 0.29) is 36.0 Å². The maximum atomic E-state index is 13.5. The smallest absolute Gasteiger partial charge is 0.228 e. The summed E-state index contributed by atoms with van der Waals surface area (Å²) in [6.45, 7) is 0.128. The molecule has 124 valence electrons. The number of anilines is 1. The zero-order valence-corrected chi connectivity index (χ0v) is 14.3. The number of hydrogen-bond donors (Lipinski definition) is 2. The zero-order chi connectivity index (χ0) is 17.1. The van der Waals surface area contributed by atoms with Crippen LogP contribution in [0.4, 0.5) is 10.1 Å². The van der Waals surface area contributed by atoms with Crippen LogP contribution in [0.25, 0.3) is 0 Å². The van der Waals surface area contributed by atoms with E-state index < -0.39 is 0 Å². The Morgan fingerprint density at radius 1 is 1.04 bits per heavy atom. The van der Waals surface area contributed by atoms with Crippen LogP contribution >= 0.6 is 15.9 Å². The summed E-state index contributed by atoms with van der Waals surface area (Å²) in [5.74, 6) is -1.39. The number of nitrogens with one attached hydrogen (secondary N) is 2. The van der Waals surface area contributed by atoms with E-state index >= 15 is 0 Å². The van der Waals surface area contributed by atoms with E-state index in [9.17, 15) is 14.0 Å². The number of halogens is 2. The van der Waals surface area contributed by atoms with Crippen molar-refractivity contribution in [3.05, 3.63) is 64.4 Å². The molecule has 0 heterocycles. The number of carbonyl (C=O) groups excluding carboxylic acids is 2. The van der Waals surface area contributed by atoms with Gasteiger partial charge in [-0.25, -0.2) is 4.39 Å². The van der Waals surface area contributed by atoms with E-state index in [0.717, 1.165) is 4.47 Å². The van der Waals surface area contributed by atoms with Gasteiger partial charge in [0.1, 0.15) is 5.82 Å². The van der Waals surface area contributed by atoms with E-state index in [2.05, 4.69) is 26.6 Å². The van der Waals surface area contributed by atoms with Crippen molar-refractivity contribution in [1.82, 2.24) is 5.32 Å². The van der Waals surface area contributed by atoms with Gasteiger partial charge in [0, 0.05) is 22.3 Å². The van der Waals surface area contributed by atoms with Gasteiger partial charge in [-0.3, -0.25) is 9.59 Å². The Kier molecular flexibility index (Phi) is 4.94. The van der Waals surface area contributed by atoms with Crippen LogP contribution in [0.1, 0.15) is 12.0 Å². The second kappa shape index (κ2) is 7.13.